The summed E-state index contributed by atoms with van der Waals surface area (Å²) in [6, 6.07) is 8.80. The van der Waals surface area contributed by atoms with E-state index in [1.165, 1.54) is 6.08 Å². The number of carbonyl (C=O) groups is 1. The van der Waals surface area contributed by atoms with Gasteiger partial charge in [-0.1, -0.05) is 29.8 Å². The van der Waals surface area contributed by atoms with E-state index in [9.17, 15) is 20.0 Å². The highest BCUT2D eigenvalue weighted by molar-refractivity contribution is 6.31. The van der Waals surface area contributed by atoms with Crippen molar-refractivity contribution >= 4 is 29.3 Å². The van der Waals surface area contributed by atoms with Gasteiger partial charge in [0, 0.05) is 29.8 Å². The van der Waals surface area contributed by atoms with Crippen LogP contribution >= 0.6 is 11.6 Å². The molecule has 0 aliphatic heterocycles. The average molecular weight is 346 g/mol. The van der Waals surface area contributed by atoms with Crippen LogP contribution in [0.1, 0.15) is 16.7 Å². The van der Waals surface area contributed by atoms with E-state index in [0.29, 0.717) is 5.02 Å². The van der Waals surface area contributed by atoms with E-state index < -0.39 is 10.8 Å². The number of aryl methyl sites for hydroxylation is 1. The summed E-state index contributed by atoms with van der Waals surface area (Å²) in [6.45, 7) is 1.79. The summed E-state index contributed by atoms with van der Waals surface area (Å²) in [4.78, 5) is 21.9. The first-order valence-corrected chi connectivity index (χ1v) is 7.41. The molecule has 0 heterocycles. The lowest BCUT2D eigenvalue weighted by atomic mass is 10.1. The Morgan fingerprint density at radius 3 is 2.71 bits per heavy atom. The molecule has 1 N–H and O–H groups in total. The first-order valence-electron chi connectivity index (χ1n) is 7.03. The van der Waals surface area contributed by atoms with Crippen molar-refractivity contribution in [1.29, 1.82) is 0 Å². The van der Waals surface area contributed by atoms with Crippen molar-refractivity contribution in [2.75, 3.05) is 0 Å². The van der Waals surface area contributed by atoms with E-state index >= 15 is 0 Å². The highest BCUT2D eigenvalue weighted by Gasteiger charge is 2.07. The van der Waals surface area contributed by atoms with Gasteiger partial charge in [0.05, 0.1) is 4.92 Å². The molecule has 124 valence electrons. The number of amides is 1. The zero-order chi connectivity index (χ0) is 17.7. The summed E-state index contributed by atoms with van der Waals surface area (Å²) in [5, 5.41) is 25.5. The summed E-state index contributed by atoms with van der Waals surface area (Å²) < 4.78 is 0. The lowest BCUT2D eigenvalue weighted by Crippen LogP contribution is -2.21. The highest BCUT2D eigenvalue weighted by Crippen LogP contribution is 2.20. The topological polar surface area (TPSA) is 95.3 Å². The Hall–Kier alpha value is -2.86. The fourth-order valence-electron chi connectivity index (χ4n) is 1.94. The van der Waals surface area contributed by atoms with E-state index in [1.807, 2.05) is 19.1 Å². The number of nitro groups is 1. The van der Waals surface area contributed by atoms with Crippen molar-refractivity contribution < 1.29 is 14.8 Å². The molecule has 2 aromatic rings. The molecule has 0 radical (unpaired) electrons. The third-order valence-electron chi connectivity index (χ3n) is 3.33. The molecule has 0 bridgehead atoms. The number of hydrogen-bond donors (Lipinski definition) is 1. The number of carbonyl (C=O) groups excluding carboxylic acids is 1. The zero-order valence-electron chi connectivity index (χ0n) is 12.8. The average Bonchev–Trinajstić information content (AvgIpc) is 2.55. The second-order valence-electron chi connectivity index (χ2n) is 5.11. The van der Waals surface area contributed by atoms with Gasteiger partial charge in [0.15, 0.2) is 0 Å². The third-order valence-corrected chi connectivity index (χ3v) is 3.74. The lowest BCUT2D eigenvalue weighted by molar-refractivity contribution is -0.385. The minimum absolute atomic E-state index is 0.0850. The molecular formula is C17H14ClN2O4-. The quantitative estimate of drug-likeness (QED) is 0.512. The summed E-state index contributed by atoms with van der Waals surface area (Å²) >= 11 is 6.00. The Morgan fingerprint density at radius 2 is 2.04 bits per heavy atom. The molecule has 0 unspecified atom stereocenters. The van der Waals surface area contributed by atoms with Gasteiger partial charge in [-0.2, -0.15) is 0 Å². The molecule has 1 amide bonds. The van der Waals surface area contributed by atoms with Crippen molar-refractivity contribution in [3.63, 3.8) is 0 Å². The summed E-state index contributed by atoms with van der Waals surface area (Å²) in [5.41, 5.74) is 1.67. The normalized spacial score (nSPS) is 10.8. The van der Waals surface area contributed by atoms with Crippen LogP contribution in [0.5, 0.6) is 5.75 Å². The van der Waals surface area contributed by atoms with Gasteiger partial charge in [-0.25, -0.2) is 0 Å². The third kappa shape index (κ3) is 4.57. The van der Waals surface area contributed by atoms with Crippen LogP contribution in [0.25, 0.3) is 6.08 Å². The maximum Gasteiger partial charge on any atom is 0.269 e. The van der Waals surface area contributed by atoms with E-state index in [2.05, 4.69) is 5.32 Å². The Morgan fingerprint density at radius 1 is 1.29 bits per heavy atom. The van der Waals surface area contributed by atoms with E-state index in [0.717, 1.165) is 29.3 Å². The van der Waals surface area contributed by atoms with Crippen molar-refractivity contribution in [2.45, 2.75) is 13.5 Å². The summed E-state index contributed by atoms with van der Waals surface area (Å²) in [5.74, 6) is -0.784. The molecule has 24 heavy (non-hydrogen) atoms. The number of non-ortho nitro benzene ring substituents is 1. The first-order chi connectivity index (χ1) is 11.4. The van der Waals surface area contributed by atoms with Gasteiger partial charge < -0.3 is 10.4 Å². The molecule has 6 nitrogen and oxygen atoms in total. The van der Waals surface area contributed by atoms with Gasteiger partial charge >= 0.3 is 0 Å². The van der Waals surface area contributed by atoms with Gasteiger partial charge in [0.25, 0.3) is 5.69 Å². The minimum Gasteiger partial charge on any atom is -0.872 e. The fourth-order valence-corrected chi connectivity index (χ4v) is 2.13. The zero-order valence-corrected chi connectivity index (χ0v) is 13.5. The number of benzene rings is 2. The van der Waals surface area contributed by atoms with Crippen LogP contribution in [0.2, 0.25) is 5.02 Å². The standard InChI is InChI=1S/C17H15ClN2O4/c1-11-2-3-12(8-15(11)18)4-7-17(22)19-10-13-9-14(20(23)24)5-6-16(13)21/h2-9,21H,10H2,1H3,(H,19,22)/p-1/b7-4+. The molecule has 2 rings (SSSR count). The molecule has 0 saturated heterocycles. The van der Waals surface area contributed by atoms with Crippen LogP contribution in [0.4, 0.5) is 5.69 Å². The van der Waals surface area contributed by atoms with Gasteiger partial charge in [0.2, 0.25) is 5.91 Å². The van der Waals surface area contributed by atoms with Crippen molar-refractivity contribution in [3.05, 3.63) is 74.3 Å². The highest BCUT2D eigenvalue weighted by atomic mass is 35.5. The number of nitrogens with zero attached hydrogens (tertiary/aromatic N) is 1. The molecular weight excluding hydrogens is 332 g/mol. The van der Waals surface area contributed by atoms with Crippen LogP contribution < -0.4 is 10.4 Å². The van der Waals surface area contributed by atoms with Crippen LogP contribution in [-0.4, -0.2) is 10.8 Å². The van der Waals surface area contributed by atoms with Crippen LogP contribution in [0, 0.1) is 17.0 Å². The number of nitrogens with one attached hydrogen (secondary N) is 1. The second-order valence-corrected chi connectivity index (χ2v) is 5.52. The molecule has 0 saturated carbocycles. The van der Waals surface area contributed by atoms with Crippen molar-refractivity contribution in [1.82, 2.24) is 5.32 Å². The Balaban J connectivity index is 2.00. The van der Waals surface area contributed by atoms with Crippen LogP contribution in [0.15, 0.2) is 42.5 Å². The van der Waals surface area contributed by atoms with E-state index in [4.69, 9.17) is 11.6 Å². The predicted molar refractivity (Wildman–Crippen MR) is 89.6 cm³/mol. The molecule has 7 heteroatoms. The van der Waals surface area contributed by atoms with Gasteiger partial charge in [-0.3, -0.25) is 14.9 Å². The Kier molecular flexibility index (Phi) is 5.55. The minimum atomic E-state index is -0.591. The van der Waals surface area contributed by atoms with Crippen LogP contribution in [-0.2, 0) is 11.3 Å². The molecule has 0 spiro atoms. The van der Waals surface area contributed by atoms with Gasteiger partial charge in [-0.15, -0.1) is 5.75 Å². The van der Waals surface area contributed by atoms with Crippen molar-refractivity contribution in [2.24, 2.45) is 0 Å². The molecule has 0 aliphatic carbocycles. The second kappa shape index (κ2) is 7.61. The maximum absolute atomic E-state index is 11.8. The molecule has 0 aromatic heterocycles. The molecule has 0 aliphatic rings. The lowest BCUT2D eigenvalue weighted by Gasteiger charge is -2.12. The van der Waals surface area contributed by atoms with E-state index in [-0.39, 0.29) is 23.5 Å². The molecule has 2 aromatic carbocycles. The number of rotatable bonds is 5. The SMILES string of the molecule is Cc1ccc(/C=C/C(=O)NCc2cc([N+](=O)[O-])ccc2[O-])cc1Cl. The largest absolute Gasteiger partial charge is 0.872 e. The smallest absolute Gasteiger partial charge is 0.269 e. The summed E-state index contributed by atoms with van der Waals surface area (Å²) in [6.07, 6.45) is 2.90. The van der Waals surface area contributed by atoms with Gasteiger partial charge in [-0.05, 0) is 35.8 Å². The monoisotopic (exact) mass is 345 g/mol. The Bertz CT molecular complexity index is 818. The van der Waals surface area contributed by atoms with Gasteiger partial charge in [0.1, 0.15) is 0 Å². The van der Waals surface area contributed by atoms with Crippen LogP contribution in [0.3, 0.4) is 0 Å². The number of halogens is 1. The summed E-state index contributed by atoms with van der Waals surface area (Å²) in [7, 11) is 0. The fraction of sp³-hybridized carbons (Fsp3) is 0.118. The predicted octanol–water partition coefficient (Wildman–Crippen LogP) is 2.96. The van der Waals surface area contributed by atoms with Crippen molar-refractivity contribution in [3.8, 4) is 5.75 Å². The number of hydrogen-bond acceptors (Lipinski definition) is 4. The first kappa shape index (κ1) is 17.5. The number of nitro benzene ring substituents is 1. The maximum atomic E-state index is 11.8. The Labute approximate surface area is 143 Å². The molecule has 0 fully saturated rings. The molecule has 0 atom stereocenters. The van der Waals surface area contributed by atoms with E-state index in [1.54, 1.807) is 12.1 Å².